The van der Waals surface area contributed by atoms with Gasteiger partial charge in [0.15, 0.2) is 5.78 Å². The van der Waals surface area contributed by atoms with E-state index >= 15 is 0 Å². The summed E-state index contributed by atoms with van der Waals surface area (Å²) in [4.78, 5) is 43.6. The number of phosphoric ester groups is 1. The molecule has 2 aromatic carbocycles. The van der Waals surface area contributed by atoms with Gasteiger partial charge in [0, 0.05) is 16.7 Å². The number of amides is 1. The SMILES string of the molecule is CC(=O)c1ccc2c(c1)[C@H](NC(=O)c1ccc(F)c(Cl)c1)[C@H](OP(=O)(O)O)C(C)(C)O2. The molecule has 1 aliphatic heterocycles. The topological polar surface area (TPSA) is 122 Å². The Balaban J connectivity index is 2.09. The largest absolute Gasteiger partial charge is 0.485 e. The second-order valence-electron chi connectivity index (χ2n) is 7.61. The number of phosphoric acid groups is 1. The van der Waals surface area contributed by atoms with Crippen molar-refractivity contribution in [1.82, 2.24) is 5.32 Å². The number of carbonyl (C=O) groups excluding carboxylic acids is 2. The number of nitrogens with one attached hydrogen (secondary N) is 1. The molecule has 8 nitrogen and oxygen atoms in total. The molecule has 3 rings (SSSR count). The van der Waals surface area contributed by atoms with Crippen molar-refractivity contribution >= 4 is 31.1 Å². The predicted octanol–water partition coefficient (Wildman–Crippen LogP) is 3.80. The Labute approximate surface area is 182 Å². The fourth-order valence-electron chi connectivity index (χ4n) is 3.36. The lowest BCUT2D eigenvalue weighted by atomic mass is 9.85. The summed E-state index contributed by atoms with van der Waals surface area (Å²) in [5.74, 6) is -1.34. The van der Waals surface area contributed by atoms with E-state index in [2.05, 4.69) is 5.32 Å². The number of fused-ring (bicyclic) bond motifs is 1. The zero-order valence-electron chi connectivity index (χ0n) is 16.8. The number of ketones is 1. The smallest absolute Gasteiger partial charge is 0.470 e. The summed E-state index contributed by atoms with van der Waals surface area (Å²) in [6, 6.07) is 6.80. The molecular weight excluding hydrogens is 452 g/mol. The first kappa shape index (κ1) is 23.4. The van der Waals surface area contributed by atoms with Crippen molar-refractivity contribution in [2.75, 3.05) is 0 Å². The van der Waals surface area contributed by atoms with E-state index in [1.54, 1.807) is 19.9 Å². The van der Waals surface area contributed by atoms with E-state index in [0.717, 1.165) is 12.1 Å². The molecule has 0 saturated carbocycles. The summed E-state index contributed by atoms with van der Waals surface area (Å²) in [6.45, 7) is 4.44. The van der Waals surface area contributed by atoms with Gasteiger partial charge in [0.2, 0.25) is 0 Å². The number of ether oxygens (including phenoxy) is 1. The Morgan fingerprint density at radius 2 is 1.84 bits per heavy atom. The van der Waals surface area contributed by atoms with Gasteiger partial charge < -0.3 is 19.8 Å². The van der Waals surface area contributed by atoms with Crippen LogP contribution in [0.25, 0.3) is 0 Å². The van der Waals surface area contributed by atoms with E-state index in [4.69, 9.17) is 20.9 Å². The van der Waals surface area contributed by atoms with Crippen LogP contribution < -0.4 is 10.1 Å². The van der Waals surface area contributed by atoms with E-state index in [1.165, 1.54) is 25.1 Å². The highest BCUT2D eigenvalue weighted by molar-refractivity contribution is 7.46. The Morgan fingerprint density at radius 1 is 1.19 bits per heavy atom. The maximum absolute atomic E-state index is 13.5. The lowest BCUT2D eigenvalue weighted by Gasteiger charge is -2.44. The molecule has 0 fully saturated rings. The summed E-state index contributed by atoms with van der Waals surface area (Å²) in [5.41, 5.74) is -0.646. The van der Waals surface area contributed by atoms with E-state index < -0.39 is 37.3 Å². The van der Waals surface area contributed by atoms with Crippen LogP contribution in [0.4, 0.5) is 4.39 Å². The molecular formula is C20H20ClFNO7P. The number of rotatable bonds is 5. The van der Waals surface area contributed by atoms with Crippen molar-refractivity contribution in [3.63, 3.8) is 0 Å². The van der Waals surface area contributed by atoms with Gasteiger partial charge in [-0.15, -0.1) is 0 Å². The quantitative estimate of drug-likeness (QED) is 0.448. The maximum Gasteiger partial charge on any atom is 0.470 e. The summed E-state index contributed by atoms with van der Waals surface area (Å²) in [5, 5.41) is 2.39. The normalized spacial score (nSPS) is 19.8. The number of carbonyl (C=O) groups is 2. The van der Waals surface area contributed by atoms with Gasteiger partial charge in [0.05, 0.1) is 11.1 Å². The third-order valence-corrected chi connectivity index (χ3v) is 5.62. The molecule has 0 aliphatic carbocycles. The third kappa shape index (κ3) is 5.14. The van der Waals surface area contributed by atoms with Gasteiger partial charge in [-0.2, -0.15) is 0 Å². The van der Waals surface area contributed by atoms with Crippen LogP contribution in [0.3, 0.4) is 0 Å². The van der Waals surface area contributed by atoms with Crippen LogP contribution in [0.5, 0.6) is 5.75 Å². The van der Waals surface area contributed by atoms with Crippen molar-refractivity contribution < 1.29 is 37.6 Å². The summed E-state index contributed by atoms with van der Waals surface area (Å²) in [6.07, 6.45) is -1.33. The lowest BCUT2D eigenvalue weighted by Crippen LogP contribution is -2.54. The average Bonchev–Trinajstić information content (AvgIpc) is 2.65. The van der Waals surface area contributed by atoms with Crippen LogP contribution in [0.15, 0.2) is 36.4 Å². The molecule has 0 radical (unpaired) electrons. The van der Waals surface area contributed by atoms with Gasteiger partial charge >= 0.3 is 7.82 Å². The van der Waals surface area contributed by atoms with Gasteiger partial charge in [0.1, 0.15) is 23.3 Å². The maximum atomic E-state index is 13.5. The van der Waals surface area contributed by atoms with Crippen LogP contribution in [-0.2, 0) is 9.09 Å². The van der Waals surface area contributed by atoms with Crippen molar-refractivity contribution in [1.29, 1.82) is 0 Å². The molecule has 2 aromatic rings. The zero-order chi connectivity index (χ0) is 23.1. The van der Waals surface area contributed by atoms with Crippen LogP contribution in [0, 0.1) is 5.82 Å². The molecule has 166 valence electrons. The van der Waals surface area contributed by atoms with Gasteiger partial charge in [-0.1, -0.05) is 11.6 Å². The Morgan fingerprint density at radius 3 is 2.42 bits per heavy atom. The first-order valence-corrected chi connectivity index (χ1v) is 11.0. The molecule has 11 heteroatoms. The molecule has 31 heavy (non-hydrogen) atoms. The fourth-order valence-corrected chi connectivity index (χ4v) is 4.21. The number of benzene rings is 2. The molecule has 0 bridgehead atoms. The van der Waals surface area contributed by atoms with E-state index in [9.17, 15) is 28.3 Å². The predicted molar refractivity (Wildman–Crippen MR) is 110 cm³/mol. The summed E-state index contributed by atoms with van der Waals surface area (Å²) < 4.78 is 36.0. The minimum atomic E-state index is -4.99. The highest BCUT2D eigenvalue weighted by Crippen LogP contribution is 2.49. The van der Waals surface area contributed by atoms with Crippen molar-refractivity contribution in [2.24, 2.45) is 0 Å². The van der Waals surface area contributed by atoms with Crippen LogP contribution in [0.2, 0.25) is 5.02 Å². The zero-order valence-corrected chi connectivity index (χ0v) is 18.4. The third-order valence-electron chi connectivity index (χ3n) is 4.83. The number of halogens is 2. The van der Waals surface area contributed by atoms with Crippen LogP contribution >= 0.6 is 19.4 Å². The molecule has 1 aliphatic rings. The van der Waals surface area contributed by atoms with Gasteiger partial charge in [-0.25, -0.2) is 8.96 Å². The highest BCUT2D eigenvalue weighted by atomic mass is 35.5. The molecule has 0 unspecified atom stereocenters. The first-order chi connectivity index (χ1) is 14.3. The average molecular weight is 472 g/mol. The van der Waals surface area contributed by atoms with Crippen molar-refractivity contribution in [3.8, 4) is 5.75 Å². The Bertz CT molecular complexity index is 1100. The van der Waals surface area contributed by atoms with Crippen LogP contribution in [-0.4, -0.2) is 33.2 Å². The molecule has 2 atom stereocenters. The number of hydrogen-bond donors (Lipinski definition) is 3. The summed E-state index contributed by atoms with van der Waals surface area (Å²) in [7, 11) is -4.99. The second-order valence-corrected chi connectivity index (χ2v) is 9.21. The minimum absolute atomic E-state index is 0.0231. The van der Waals surface area contributed by atoms with Gasteiger partial charge in [-0.3, -0.25) is 14.1 Å². The number of Topliss-reactive ketones (excluding diaryl/α,β-unsaturated/α-hetero) is 1. The number of hydrogen-bond acceptors (Lipinski definition) is 5. The molecule has 0 saturated heterocycles. The van der Waals surface area contributed by atoms with Crippen molar-refractivity contribution in [2.45, 2.75) is 38.5 Å². The molecule has 1 heterocycles. The van der Waals surface area contributed by atoms with E-state index in [1.807, 2.05) is 0 Å². The van der Waals surface area contributed by atoms with Gasteiger partial charge in [0.25, 0.3) is 5.91 Å². The minimum Gasteiger partial charge on any atom is -0.485 e. The lowest BCUT2D eigenvalue weighted by molar-refractivity contribution is -0.0597. The Kier molecular flexibility index (Phi) is 6.28. The van der Waals surface area contributed by atoms with Crippen LogP contribution in [0.1, 0.15) is 53.1 Å². The van der Waals surface area contributed by atoms with Crippen molar-refractivity contribution in [3.05, 3.63) is 63.9 Å². The van der Waals surface area contributed by atoms with E-state index in [-0.39, 0.29) is 16.4 Å². The summed E-state index contributed by atoms with van der Waals surface area (Å²) >= 11 is 5.76. The standard InChI is InChI=1S/C20H20ClFNO7P/c1-10(24)11-5-7-16-13(8-11)17(18(20(2,3)29-16)30-31(26,27)28)23-19(25)12-4-6-15(22)14(21)9-12/h4-9,17-18H,1-3H3,(H,23,25)(H2,26,27,28)/t17-,18-/m0/s1. The molecule has 0 aromatic heterocycles. The highest BCUT2D eigenvalue weighted by Gasteiger charge is 2.48. The Hall–Kier alpha value is -2.29. The second kappa shape index (κ2) is 8.33. The first-order valence-electron chi connectivity index (χ1n) is 9.12. The molecule has 0 spiro atoms. The molecule has 3 N–H and O–H groups in total. The fraction of sp³-hybridized carbons (Fsp3) is 0.300. The van der Waals surface area contributed by atoms with E-state index in [0.29, 0.717) is 16.9 Å². The van der Waals surface area contributed by atoms with Gasteiger partial charge in [-0.05, 0) is 57.2 Å². The molecule has 1 amide bonds. The monoisotopic (exact) mass is 471 g/mol.